The zero-order chi connectivity index (χ0) is 14.9. The first-order valence-corrected chi connectivity index (χ1v) is 8.15. The highest BCUT2D eigenvalue weighted by atomic mass is 14.9. The molecule has 0 unspecified atom stereocenters. The van der Waals surface area contributed by atoms with Crippen molar-refractivity contribution in [2.45, 2.75) is 59.0 Å². The lowest BCUT2D eigenvalue weighted by Gasteiger charge is -2.00. The van der Waals surface area contributed by atoms with E-state index in [1.165, 1.54) is 43.2 Å². The highest BCUT2D eigenvalue weighted by Crippen LogP contribution is 2.03. The third-order valence-electron chi connectivity index (χ3n) is 3.84. The molecule has 0 radical (unpaired) electrons. The van der Waals surface area contributed by atoms with E-state index >= 15 is 0 Å². The SMILES string of the molecule is Cc1ccc[n+](CCCCCCC[n+]2cccc(C)c2)c1. The summed E-state index contributed by atoms with van der Waals surface area (Å²) in [5, 5.41) is 0. The number of pyridine rings is 2. The maximum absolute atomic E-state index is 2.30. The predicted molar refractivity (Wildman–Crippen MR) is 85.8 cm³/mol. The Hall–Kier alpha value is -1.70. The Morgan fingerprint density at radius 2 is 1.10 bits per heavy atom. The van der Waals surface area contributed by atoms with Crippen LogP contribution in [0.1, 0.15) is 43.2 Å². The van der Waals surface area contributed by atoms with Crippen molar-refractivity contribution in [3.63, 3.8) is 0 Å². The average molecular weight is 284 g/mol. The van der Waals surface area contributed by atoms with Crippen molar-refractivity contribution in [1.82, 2.24) is 0 Å². The molecule has 0 atom stereocenters. The van der Waals surface area contributed by atoms with E-state index in [9.17, 15) is 0 Å². The molecule has 112 valence electrons. The van der Waals surface area contributed by atoms with Crippen LogP contribution in [0.4, 0.5) is 0 Å². The van der Waals surface area contributed by atoms with Gasteiger partial charge in [0, 0.05) is 36.1 Å². The second-order valence-corrected chi connectivity index (χ2v) is 6.01. The van der Waals surface area contributed by atoms with Gasteiger partial charge in [0.25, 0.3) is 0 Å². The van der Waals surface area contributed by atoms with Gasteiger partial charge in [-0.3, -0.25) is 0 Å². The Bertz CT molecular complexity index is 499. The fourth-order valence-corrected chi connectivity index (χ4v) is 2.70. The molecule has 2 heterocycles. The number of hydrogen-bond donors (Lipinski definition) is 0. The Labute approximate surface area is 129 Å². The van der Waals surface area contributed by atoms with Crippen LogP contribution in [0.5, 0.6) is 0 Å². The predicted octanol–water partition coefficient (Wildman–Crippen LogP) is 3.53. The van der Waals surface area contributed by atoms with Crippen molar-refractivity contribution < 1.29 is 9.13 Å². The van der Waals surface area contributed by atoms with Crippen molar-refractivity contribution in [2.75, 3.05) is 0 Å². The molecule has 0 aliphatic rings. The molecule has 2 heteroatoms. The largest absolute Gasteiger partial charge is 0.205 e. The summed E-state index contributed by atoms with van der Waals surface area (Å²) in [7, 11) is 0. The van der Waals surface area contributed by atoms with Crippen LogP contribution < -0.4 is 9.13 Å². The second-order valence-electron chi connectivity index (χ2n) is 6.01. The molecule has 2 aromatic rings. The lowest BCUT2D eigenvalue weighted by atomic mass is 10.1. The molecule has 0 bridgehead atoms. The summed E-state index contributed by atoms with van der Waals surface area (Å²) < 4.78 is 4.61. The van der Waals surface area contributed by atoms with Crippen molar-refractivity contribution in [1.29, 1.82) is 0 Å². The zero-order valence-electron chi connectivity index (χ0n) is 13.5. The van der Waals surface area contributed by atoms with E-state index in [1.54, 1.807) is 0 Å². The number of hydrogen-bond acceptors (Lipinski definition) is 0. The van der Waals surface area contributed by atoms with E-state index in [0.29, 0.717) is 0 Å². The maximum Gasteiger partial charge on any atom is 0.171 e. The normalized spacial score (nSPS) is 10.8. The van der Waals surface area contributed by atoms with Crippen LogP contribution in [0.25, 0.3) is 0 Å². The highest BCUT2D eigenvalue weighted by molar-refractivity contribution is 5.01. The van der Waals surface area contributed by atoms with Gasteiger partial charge in [0.1, 0.15) is 13.1 Å². The minimum atomic E-state index is 1.15. The molecule has 21 heavy (non-hydrogen) atoms. The molecule has 0 N–H and O–H groups in total. The zero-order valence-corrected chi connectivity index (χ0v) is 13.5. The average Bonchev–Trinajstić information content (AvgIpc) is 2.46. The van der Waals surface area contributed by atoms with E-state index in [0.717, 1.165) is 13.1 Å². The van der Waals surface area contributed by atoms with Crippen LogP contribution in [0.2, 0.25) is 0 Å². The van der Waals surface area contributed by atoms with Gasteiger partial charge in [-0.05, 0) is 38.8 Å². The molecular weight excluding hydrogens is 256 g/mol. The first kappa shape index (κ1) is 15.7. The van der Waals surface area contributed by atoms with Gasteiger partial charge >= 0.3 is 0 Å². The molecule has 0 saturated heterocycles. The van der Waals surface area contributed by atoms with E-state index in [4.69, 9.17) is 0 Å². The lowest BCUT2D eigenvalue weighted by molar-refractivity contribution is -0.698. The van der Waals surface area contributed by atoms with Crippen LogP contribution >= 0.6 is 0 Å². The highest BCUT2D eigenvalue weighted by Gasteiger charge is 2.02. The first-order valence-electron chi connectivity index (χ1n) is 8.15. The molecular formula is C19H28N2+2. The molecule has 2 aromatic heterocycles. The fourth-order valence-electron chi connectivity index (χ4n) is 2.70. The van der Waals surface area contributed by atoms with Crippen LogP contribution in [0.15, 0.2) is 49.1 Å². The van der Waals surface area contributed by atoms with Gasteiger partial charge in [-0.25, -0.2) is 9.13 Å². The molecule has 0 spiro atoms. The van der Waals surface area contributed by atoms with Crippen LogP contribution in [-0.4, -0.2) is 0 Å². The monoisotopic (exact) mass is 284 g/mol. The molecule has 0 aromatic carbocycles. The van der Waals surface area contributed by atoms with Crippen molar-refractivity contribution in [3.8, 4) is 0 Å². The Morgan fingerprint density at radius 1 is 0.667 bits per heavy atom. The Kier molecular flexibility index (Phi) is 6.39. The van der Waals surface area contributed by atoms with Crippen molar-refractivity contribution >= 4 is 0 Å². The molecule has 0 amide bonds. The van der Waals surface area contributed by atoms with Crippen LogP contribution in [-0.2, 0) is 13.1 Å². The lowest BCUT2D eigenvalue weighted by Crippen LogP contribution is -2.33. The third-order valence-corrected chi connectivity index (χ3v) is 3.84. The summed E-state index contributed by atoms with van der Waals surface area (Å²) in [5.74, 6) is 0. The number of rotatable bonds is 8. The number of aromatic nitrogens is 2. The summed E-state index contributed by atoms with van der Waals surface area (Å²) in [5.41, 5.74) is 2.68. The number of aryl methyl sites for hydroxylation is 4. The van der Waals surface area contributed by atoms with Gasteiger partial charge in [-0.1, -0.05) is 6.42 Å². The van der Waals surface area contributed by atoms with Gasteiger partial charge in [-0.2, -0.15) is 0 Å². The molecule has 0 fully saturated rings. The molecule has 2 nitrogen and oxygen atoms in total. The summed E-state index contributed by atoms with van der Waals surface area (Å²) in [6.07, 6.45) is 15.4. The van der Waals surface area contributed by atoms with E-state index in [2.05, 4.69) is 72.0 Å². The number of nitrogens with zero attached hydrogens (tertiary/aromatic N) is 2. The smallest absolute Gasteiger partial charge is 0.171 e. The minimum absolute atomic E-state index is 1.15. The fraction of sp³-hybridized carbons (Fsp3) is 0.474. The quantitative estimate of drug-likeness (QED) is 0.517. The topological polar surface area (TPSA) is 7.76 Å². The molecule has 0 aliphatic heterocycles. The van der Waals surface area contributed by atoms with Crippen molar-refractivity contribution in [2.24, 2.45) is 0 Å². The van der Waals surface area contributed by atoms with Gasteiger partial charge in [0.2, 0.25) is 0 Å². The van der Waals surface area contributed by atoms with Gasteiger partial charge in [-0.15, -0.1) is 0 Å². The summed E-state index contributed by atoms with van der Waals surface area (Å²) in [4.78, 5) is 0. The third kappa shape index (κ3) is 6.07. The summed E-state index contributed by atoms with van der Waals surface area (Å²) >= 11 is 0. The van der Waals surface area contributed by atoms with Gasteiger partial charge in [0.05, 0.1) is 0 Å². The first-order chi connectivity index (χ1) is 10.2. The van der Waals surface area contributed by atoms with Crippen LogP contribution in [0.3, 0.4) is 0 Å². The Balaban J connectivity index is 1.54. The summed E-state index contributed by atoms with van der Waals surface area (Å²) in [6.45, 7) is 6.60. The molecule has 0 aliphatic carbocycles. The standard InChI is InChI=1S/C19H28N2/c1-18-10-8-14-20(16-18)12-6-4-3-5-7-13-21-15-9-11-19(2)17-21/h8-11,14-17H,3-7,12-13H2,1-2H3/q+2. The van der Waals surface area contributed by atoms with E-state index in [1.807, 2.05) is 0 Å². The molecule has 0 saturated carbocycles. The second kappa shape index (κ2) is 8.56. The van der Waals surface area contributed by atoms with Crippen LogP contribution in [0, 0.1) is 13.8 Å². The minimum Gasteiger partial charge on any atom is -0.205 e. The number of unbranched alkanes of at least 4 members (excludes halogenated alkanes) is 4. The van der Waals surface area contributed by atoms with Gasteiger partial charge in [0.15, 0.2) is 24.8 Å². The van der Waals surface area contributed by atoms with E-state index < -0.39 is 0 Å². The van der Waals surface area contributed by atoms with Crippen molar-refractivity contribution in [3.05, 3.63) is 60.2 Å². The van der Waals surface area contributed by atoms with E-state index in [-0.39, 0.29) is 0 Å². The Morgan fingerprint density at radius 3 is 1.52 bits per heavy atom. The van der Waals surface area contributed by atoms with Gasteiger partial charge < -0.3 is 0 Å². The maximum atomic E-state index is 2.30. The summed E-state index contributed by atoms with van der Waals surface area (Å²) in [6, 6.07) is 8.57. The molecule has 2 rings (SSSR count).